The van der Waals surface area contributed by atoms with Gasteiger partial charge >= 0.3 is 0 Å². The number of benzene rings is 2. The Balaban J connectivity index is 1.24. The molecule has 1 aliphatic rings. The molecule has 4 rings (SSSR count). The molecule has 1 N–H and O–H groups in total. The summed E-state index contributed by atoms with van der Waals surface area (Å²) in [6, 6.07) is 12.9. The SMILES string of the molecule is Cc1cc(-c2noc(CCC(=O)NCc3cccc(CN4CCOC(C)C4)c3)n2)ccc1F. The molecule has 0 saturated carbocycles. The number of ether oxygens (including phenoxy) is 1. The number of hydrogen-bond donors (Lipinski definition) is 1. The van der Waals surface area contributed by atoms with Gasteiger partial charge < -0.3 is 14.6 Å². The molecule has 0 bridgehead atoms. The molecule has 0 aliphatic carbocycles. The van der Waals surface area contributed by atoms with Crippen molar-refractivity contribution in [2.24, 2.45) is 0 Å². The van der Waals surface area contributed by atoms with Gasteiger partial charge in [-0.3, -0.25) is 9.69 Å². The van der Waals surface area contributed by atoms with Crippen molar-refractivity contribution in [3.63, 3.8) is 0 Å². The van der Waals surface area contributed by atoms with E-state index in [2.05, 4.69) is 39.4 Å². The van der Waals surface area contributed by atoms with Crippen molar-refractivity contribution in [1.82, 2.24) is 20.4 Å². The van der Waals surface area contributed by atoms with Crippen molar-refractivity contribution in [3.8, 4) is 11.4 Å². The maximum atomic E-state index is 13.5. The van der Waals surface area contributed by atoms with Crippen molar-refractivity contribution in [2.75, 3.05) is 19.7 Å². The summed E-state index contributed by atoms with van der Waals surface area (Å²) in [5.41, 5.74) is 3.49. The second-order valence-corrected chi connectivity index (χ2v) is 8.49. The first-order valence-electron chi connectivity index (χ1n) is 11.2. The van der Waals surface area contributed by atoms with Gasteiger partial charge in [0, 0.05) is 44.6 Å². The molecule has 1 unspecified atom stereocenters. The number of morpholine rings is 1. The third-order valence-electron chi connectivity index (χ3n) is 5.66. The summed E-state index contributed by atoms with van der Waals surface area (Å²) in [6.45, 7) is 7.75. The molecule has 7 nitrogen and oxygen atoms in total. The van der Waals surface area contributed by atoms with E-state index in [9.17, 15) is 9.18 Å². The zero-order valence-corrected chi connectivity index (χ0v) is 19.0. The average molecular weight is 453 g/mol. The lowest BCUT2D eigenvalue weighted by molar-refractivity contribution is -0.121. The number of carbonyl (C=O) groups excluding carboxylic acids is 1. The fourth-order valence-corrected chi connectivity index (χ4v) is 3.90. The fourth-order valence-electron chi connectivity index (χ4n) is 3.90. The number of nitrogens with one attached hydrogen (secondary N) is 1. The Hall–Kier alpha value is -3.10. The van der Waals surface area contributed by atoms with Gasteiger partial charge in [0.05, 0.1) is 12.7 Å². The van der Waals surface area contributed by atoms with E-state index in [1.807, 2.05) is 12.1 Å². The lowest BCUT2D eigenvalue weighted by Gasteiger charge is -2.31. The average Bonchev–Trinajstić information content (AvgIpc) is 3.27. The topological polar surface area (TPSA) is 80.5 Å². The van der Waals surface area contributed by atoms with Crippen molar-refractivity contribution in [3.05, 3.63) is 70.9 Å². The van der Waals surface area contributed by atoms with Gasteiger partial charge in [-0.25, -0.2) is 4.39 Å². The molecule has 2 heterocycles. The molecule has 2 aromatic carbocycles. The minimum absolute atomic E-state index is 0.0835. The van der Waals surface area contributed by atoms with E-state index < -0.39 is 0 Å². The molecule has 1 amide bonds. The van der Waals surface area contributed by atoms with Gasteiger partial charge in [0.1, 0.15) is 5.82 Å². The Kier molecular flexibility index (Phi) is 7.47. The molecule has 8 heteroatoms. The van der Waals surface area contributed by atoms with E-state index in [1.54, 1.807) is 19.1 Å². The number of hydrogen-bond acceptors (Lipinski definition) is 6. The molecular formula is C25H29FN4O3. The summed E-state index contributed by atoms with van der Waals surface area (Å²) >= 11 is 0. The standard InChI is InChI=1S/C25H29FN4O3/c1-17-12-21(6-7-22(17)26)25-28-24(33-29-25)9-8-23(31)27-14-19-4-3-5-20(13-19)16-30-10-11-32-18(2)15-30/h3-7,12-13,18H,8-11,14-16H2,1-2H3,(H,27,31). The molecule has 174 valence electrons. The van der Waals surface area contributed by atoms with Gasteiger partial charge in [0.15, 0.2) is 0 Å². The van der Waals surface area contributed by atoms with Crippen molar-refractivity contribution >= 4 is 5.91 Å². The molecular weight excluding hydrogens is 423 g/mol. The first-order chi connectivity index (χ1) is 16.0. The normalized spacial score (nSPS) is 16.6. The highest BCUT2D eigenvalue weighted by atomic mass is 19.1. The predicted molar refractivity (Wildman–Crippen MR) is 122 cm³/mol. The Bertz CT molecular complexity index is 1100. The molecule has 1 fully saturated rings. The molecule has 0 spiro atoms. The van der Waals surface area contributed by atoms with Gasteiger partial charge in [0.2, 0.25) is 17.6 Å². The number of rotatable bonds is 8. The van der Waals surface area contributed by atoms with Crippen molar-refractivity contribution in [1.29, 1.82) is 0 Å². The van der Waals surface area contributed by atoms with Crippen LogP contribution in [0, 0.1) is 12.7 Å². The van der Waals surface area contributed by atoms with Crippen LogP contribution in [0.5, 0.6) is 0 Å². The molecule has 1 aliphatic heterocycles. The van der Waals surface area contributed by atoms with Gasteiger partial charge in [0.25, 0.3) is 0 Å². The van der Waals surface area contributed by atoms with Crippen LogP contribution in [0.1, 0.15) is 35.9 Å². The molecule has 0 radical (unpaired) electrons. The predicted octanol–water partition coefficient (Wildman–Crippen LogP) is 3.65. The van der Waals surface area contributed by atoms with Crippen LogP contribution in [0.2, 0.25) is 0 Å². The highest BCUT2D eigenvalue weighted by Gasteiger charge is 2.17. The monoisotopic (exact) mass is 452 g/mol. The van der Waals surface area contributed by atoms with E-state index in [-0.39, 0.29) is 24.2 Å². The second kappa shape index (κ2) is 10.7. The smallest absolute Gasteiger partial charge is 0.227 e. The summed E-state index contributed by atoms with van der Waals surface area (Å²) in [5.74, 6) is 0.406. The van der Waals surface area contributed by atoms with Gasteiger partial charge in [-0.2, -0.15) is 4.98 Å². The number of halogens is 1. The zero-order valence-electron chi connectivity index (χ0n) is 19.0. The zero-order chi connectivity index (χ0) is 23.2. The minimum atomic E-state index is -0.277. The van der Waals surface area contributed by atoms with Gasteiger partial charge in [-0.1, -0.05) is 29.4 Å². The highest BCUT2D eigenvalue weighted by molar-refractivity contribution is 5.76. The first kappa shape index (κ1) is 23.1. The van der Waals surface area contributed by atoms with Crippen LogP contribution in [0.4, 0.5) is 4.39 Å². The highest BCUT2D eigenvalue weighted by Crippen LogP contribution is 2.19. The summed E-state index contributed by atoms with van der Waals surface area (Å²) in [4.78, 5) is 19.0. The van der Waals surface area contributed by atoms with E-state index >= 15 is 0 Å². The summed E-state index contributed by atoms with van der Waals surface area (Å²) in [7, 11) is 0. The maximum absolute atomic E-state index is 13.5. The Morgan fingerprint density at radius 2 is 2.09 bits per heavy atom. The molecule has 33 heavy (non-hydrogen) atoms. The quantitative estimate of drug-likeness (QED) is 0.562. The van der Waals surface area contributed by atoms with Gasteiger partial charge in [-0.15, -0.1) is 0 Å². The lowest BCUT2D eigenvalue weighted by atomic mass is 10.1. The van der Waals surface area contributed by atoms with Crippen LogP contribution in [0.15, 0.2) is 47.0 Å². The maximum Gasteiger partial charge on any atom is 0.227 e. The van der Waals surface area contributed by atoms with Crippen molar-refractivity contribution < 1.29 is 18.4 Å². The summed E-state index contributed by atoms with van der Waals surface area (Å²) in [6.07, 6.45) is 0.847. The van der Waals surface area contributed by atoms with E-state index in [1.165, 1.54) is 11.6 Å². The third kappa shape index (κ3) is 6.46. The van der Waals surface area contributed by atoms with Crippen LogP contribution in [-0.4, -0.2) is 46.7 Å². The van der Waals surface area contributed by atoms with Crippen LogP contribution in [-0.2, 0) is 29.0 Å². The lowest BCUT2D eigenvalue weighted by Crippen LogP contribution is -2.40. The van der Waals surface area contributed by atoms with Gasteiger partial charge in [-0.05, 0) is 48.7 Å². The number of nitrogens with zero attached hydrogens (tertiary/aromatic N) is 3. The third-order valence-corrected chi connectivity index (χ3v) is 5.66. The van der Waals surface area contributed by atoms with Crippen LogP contribution < -0.4 is 5.32 Å². The molecule has 3 aromatic rings. The number of amides is 1. The Morgan fingerprint density at radius 1 is 1.24 bits per heavy atom. The minimum Gasteiger partial charge on any atom is -0.376 e. The van der Waals surface area contributed by atoms with Crippen LogP contribution >= 0.6 is 0 Å². The Morgan fingerprint density at radius 3 is 2.91 bits per heavy atom. The number of carbonyl (C=O) groups is 1. The van der Waals surface area contributed by atoms with Crippen molar-refractivity contribution in [2.45, 2.75) is 45.9 Å². The summed E-state index contributed by atoms with van der Waals surface area (Å²) < 4.78 is 24.3. The number of aromatic nitrogens is 2. The van der Waals surface area contributed by atoms with E-state index in [4.69, 9.17) is 9.26 Å². The molecule has 1 saturated heterocycles. The first-order valence-corrected chi connectivity index (χ1v) is 11.2. The summed E-state index contributed by atoms with van der Waals surface area (Å²) in [5, 5.41) is 6.89. The van der Waals surface area contributed by atoms with Crippen LogP contribution in [0.3, 0.4) is 0 Å². The molecule has 1 aromatic heterocycles. The largest absolute Gasteiger partial charge is 0.376 e. The number of aryl methyl sites for hydroxylation is 2. The Labute approximate surface area is 192 Å². The fraction of sp³-hybridized carbons (Fsp3) is 0.400. The molecule has 1 atom stereocenters. The second-order valence-electron chi connectivity index (χ2n) is 8.49. The van der Waals surface area contributed by atoms with Crippen LogP contribution in [0.25, 0.3) is 11.4 Å². The van der Waals surface area contributed by atoms with E-state index in [0.717, 1.165) is 31.8 Å². The van der Waals surface area contributed by atoms with E-state index in [0.29, 0.717) is 35.8 Å².